The second-order valence-electron chi connectivity index (χ2n) is 3.52. The Balaban J connectivity index is 2.87. The van der Waals surface area contributed by atoms with Gasteiger partial charge in [0.05, 0.1) is 0 Å². The number of hydrogen-bond donors (Lipinski definition) is 2. The maximum atomic E-state index is 10.9. The van der Waals surface area contributed by atoms with Crippen molar-refractivity contribution in [2.75, 3.05) is 5.32 Å². The van der Waals surface area contributed by atoms with Crippen LogP contribution in [0.3, 0.4) is 0 Å². The zero-order valence-corrected chi connectivity index (χ0v) is 8.79. The lowest BCUT2D eigenvalue weighted by molar-refractivity contribution is -0.118. The first kappa shape index (κ1) is 10.6. The third-order valence-electron chi connectivity index (χ3n) is 2.40. The Kier molecular flexibility index (Phi) is 3.12. The van der Waals surface area contributed by atoms with Crippen LogP contribution in [0.15, 0.2) is 18.2 Å². The molecule has 76 valence electrons. The molecular weight excluding hydrogens is 176 g/mol. The first-order chi connectivity index (χ1) is 6.52. The summed E-state index contributed by atoms with van der Waals surface area (Å²) in [5.41, 5.74) is 8.49. The summed E-state index contributed by atoms with van der Waals surface area (Å²) in [6.07, 6.45) is 0. The molecule has 0 aliphatic rings. The smallest absolute Gasteiger partial charge is 0.239 e. The number of aryl methyl sites for hydroxylation is 1. The lowest BCUT2D eigenvalue weighted by Crippen LogP contribution is -2.32. The van der Waals surface area contributed by atoms with Crippen molar-refractivity contribution in [1.29, 1.82) is 0 Å². The molecule has 0 radical (unpaired) electrons. The topological polar surface area (TPSA) is 55.1 Å². The summed E-state index contributed by atoms with van der Waals surface area (Å²) in [5.74, 6) is -0.342. The minimum absolute atomic E-state index is 0.338. The zero-order chi connectivity index (χ0) is 10.7. The van der Waals surface area contributed by atoms with Crippen LogP contribution in [0.4, 0.5) is 5.69 Å². The van der Waals surface area contributed by atoms with Gasteiger partial charge in [0, 0.05) is 5.69 Å². The molecule has 3 heteroatoms. The summed E-state index contributed by atoms with van der Waals surface area (Å²) in [6, 6.07) is 5.60. The van der Waals surface area contributed by atoms with Crippen LogP contribution in [0, 0.1) is 13.8 Å². The highest BCUT2D eigenvalue weighted by Crippen LogP contribution is 2.18. The van der Waals surface area contributed by atoms with Crippen LogP contribution in [0.1, 0.15) is 18.1 Å². The molecule has 0 aliphatic heterocycles. The Bertz CT molecular complexity index is 347. The first-order valence-electron chi connectivity index (χ1n) is 4.64. The molecule has 1 aromatic carbocycles. The van der Waals surface area contributed by atoms with Gasteiger partial charge < -0.3 is 11.1 Å². The molecule has 0 aliphatic carbocycles. The number of benzene rings is 1. The van der Waals surface area contributed by atoms with Crippen LogP contribution in [0.5, 0.6) is 0 Å². The molecule has 1 unspecified atom stereocenters. The van der Waals surface area contributed by atoms with E-state index in [1.807, 2.05) is 32.0 Å². The zero-order valence-electron chi connectivity index (χ0n) is 8.79. The number of nitrogens with two attached hydrogens (primary N) is 1. The number of carbonyl (C=O) groups is 1. The quantitative estimate of drug-likeness (QED) is 0.764. The molecule has 3 N–H and O–H groups in total. The van der Waals surface area contributed by atoms with Crippen molar-refractivity contribution in [2.45, 2.75) is 26.8 Å². The highest BCUT2D eigenvalue weighted by atomic mass is 16.1. The van der Waals surface area contributed by atoms with Crippen molar-refractivity contribution in [1.82, 2.24) is 0 Å². The average Bonchev–Trinajstić information content (AvgIpc) is 2.12. The number of hydrogen-bond acceptors (Lipinski definition) is 2. The number of anilines is 1. The molecule has 0 bridgehead atoms. The fourth-order valence-corrected chi connectivity index (χ4v) is 1.21. The van der Waals surface area contributed by atoms with E-state index < -0.39 is 0 Å². The molecule has 1 amide bonds. The number of nitrogens with one attached hydrogen (secondary N) is 1. The van der Waals surface area contributed by atoms with Gasteiger partial charge in [-0.25, -0.2) is 0 Å². The summed E-state index contributed by atoms with van der Waals surface area (Å²) in [7, 11) is 0. The SMILES string of the molecule is Cc1cccc(NC(C)C(N)=O)c1C. The van der Waals surface area contributed by atoms with Crippen LogP contribution >= 0.6 is 0 Å². The predicted molar refractivity (Wildman–Crippen MR) is 58.2 cm³/mol. The van der Waals surface area contributed by atoms with Gasteiger partial charge >= 0.3 is 0 Å². The van der Waals surface area contributed by atoms with Crippen LogP contribution in [0.2, 0.25) is 0 Å². The van der Waals surface area contributed by atoms with Crippen molar-refractivity contribution >= 4 is 11.6 Å². The van der Waals surface area contributed by atoms with Gasteiger partial charge in [0.1, 0.15) is 6.04 Å². The highest BCUT2D eigenvalue weighted by Gasteiger charge is 2.09. The van der Waals surface area contributed by atoms with Crippen molar-refractivity contribution in [2.24, 2.45) is 5.73 Å². The standard InChI is InChI=1S/C11H16N2O/c1-7-5-4-6-10(8(7)2)13-9(3)11(12)14/h4-6,9,13H,1-3H3,(H2,12,14). The minimum Gasteiger partial charge on any atom is -0.374 e. The van der Waals surface area contributed by atoms with E-state index in [-0.39, 0.29) is 11.9 Å². The van der Waals surface area contributed by atoms with E-state index in [1.165, 1.54) is 5.56 Å². The Hall–Kier alpha value is -1.51. The lowest BCUT2D eigenvalue weighted by atomic mass is 10.1. The predicted octanol–water partition coefficient (Wildman–Crippen LogP) is 1.59. The maximum Gasteiger partial charge on any atom is 0.239 e. The van der Waals surface area contributed by atoms with E-state index in [2.05, 4.69) is 5.32 Å². The van der Waals surface area contributed by atoms with Gasteiger partial charge in [-0.3, -0.25) is 4.79 Å². The van der Waals surface area contributed by atoms with Crippen molar-refractivity contribution in [3.8, 4) is 0 Å². The van der Waals surface area contributed by atoms with Gasteiger partial charge in [-0.15, -0.1) is 0 Å². The lowest BCUT2D eigenvalue weighted by Gasteiger charge is -2.15. The molecular formula is C11H16N2O. The minimum atomic E-state index is -0.342. The Morgan fingerprint density at radius 1 is 1.43 bits per heavy atom. The van der Waals surface area contributed by atoms with Gasteiger partial charge in [-0.2, -0.15) is 0 Å². The van der Waals surface area contributed by atoms with E-state index in [0.717, 1.165) is 11.3 Å². The Morgan fingerprint density at radius 2 is 2.07 bits per heavy atom. The third-order valence-corrected chi connectivity index (χ3v) is 2.40. The molecule has 0 saturated carbocycles. The van der Waals surface area contributed by atoms with E-state index in [0.29, 0.717) is 0 Å². The largest absolute Gasteiger partial charge is 0.374 e. The molecule has 1 aromatic rings. The molecule has 0 fully saturated rings. The molecule has 1 rings (SSSR count). The monoisotopic (exact) mass is 192 g/mol. The van der Waals surface area contributed by atoms with Crippen molar-refractivity contribution in [3.63, 3.8) is 0 Å². The summed E-state index contributed by atoms with van der Waals surface area (Å²) in [6.45, 7) is 5.81. The fourth-order valence-electron chi connectivity index (χ4n) is 1.21. The van der Waals surface area contributed by atoms with Crippen LogP contribution in [-0.4, -0.2) is 11.9 Å². The van der Waals surface area contributed by atoms with Crippen LogP contribution < -0.4 is 11.1 Å². The third kappa shape index (κ3) is 2.25. The van der Waals surface area contributed by atoms with Crippen molar-refractivity contribution < 1.29 is 4.79 Å². The van der Waals surface area contributed by atoms with Crippen LogP contribution in [0.25, 0.3) is 0 Å². The van der Waals surface area contributed by atoms with E-state index in [1.54, 1.807) is 6.92 Å². The fraction of sp³-hybridized carbons (Fsp3) is 0.364. The summed E-state index contributed by atoms with van der Waals surface area (Å²) in [4.78, 5) is 10.9. The molecule has 0 heterocycles. The number of rotatable bonds is 3. The van der Waals surface area contributed by atoms with Crippen LogP contribution in [-0.2, 0) is 4.79 Å². The van der Waals surface area contributed by atoms with Crippen molar-refractivity contribution in [3.05, 3.63) is 29.3 Å². The molecule has 14 heavy (non-hydrogen) atoms. The van der Waals surface area contributed by atoms with Gasteiger partial charge in [0.2, 0.25) is 5.91 Å². The van der Waals surface area contributed by atoms with Gasteiger partial charge in [-0.05, 0) is 38.0 Å². The highest BCUT2D eigenvalue weighted by molar-refractivity contribution is 5.82. The number of primary amides is 1. The number of carbonyl (C=O) groups excluding carboxylic acids is 1. The first-order valence-corrected chi connectivity index (χ1v) is 4.64. The Labute approximate surface area is 84.3 Å². The average molecular weight is 192 g/mol. The molecule has 3 nitrogen and oxygen atoms in total. The normalized spacial score (nSPS) is 12.2. The molecule has 0 saturated heterocycles. The molecule has 0 spiro atoms. The van der Waals surface area contributed by atoms with E-state index in [4.69, 9.17) is 5.73 Å². The van der Waals surface area contributed by atoms with E-state index >= 15 is 0 Å². The molecule has 0 aromatic heterocycles. The summed E-state index contributed by atoms with van der Waals surface area (Å²) < 4.78 is 0. The number of amides is 1. The van der Waals surface area contributed by atoms with Gasteiger partial charge in [0.15, 0.2) is 0 Å². The van der Waals surface area contributed by atoms with E-state index in [9.17, 15) is 4.79 Å². The summed E-state index contributed by atoms with van der Waals surface area (Å²) in [5, 5.41) is 3.08. The Morgan fingerprint density at radius 3 is 2.64 bits per heavy atom. The van der Waals surface area contributed by atoms with Gasteiger partial charge in [-0.1, -0.05) is 12.1 Å². The summed E-state index contributed by atoms with van der Waals surface area (Å²) >= 11 is 0. The maximum absolute atomic E-state index is 10.9. The van der Waals surface area contributed by atoms with Gasteiger partial charge in [0.25, 0.3) is 0 Å². The second-order valence-corrected chi connectivity index (χ2v) is 3.52. The molecule has 1 atom stereocenters. The second kappa shape index (κ2) is 4.13.